The highest BCUT2D eigenvalue weighted by Crippen LogP contribution is 2.12. The zero-order valence-electron chi connectivity index (χ0n) is 11.7. The molecule has 0 atom stereocenters. The van der Waals surface area contributed by atoms with E-state index >= 15 is 0 Å². The Hall–Kier alpha value is -1.16. The monoisotopic (exact) mass is 333 g/mol. The Bertz CT molecular complexity index is 525. The lowest BCUT2D eigenvalue weighted by molar-refractivity contribution is 0.107. The maximum absolute atomic E-state index is 5.77. The summed E-state index contributed by atoms with van der Waals surface area (Å²) in [6.07, 6.45) is 0. The summed E-state index contributed by atoms with van der Waals surface area (Å²) in [5.74, 6) is 0. The largest absolute Gasteiger partial charge is 0.372 e. The van der Waals surface area contributed by atoms with Crippen LogP contribution in [0.5, 0.6) is 0 Å². The number of hydrogen-bond donors (Lipinski definition) is 1. The zero-order valence-corrected chi connectivity index (χ0v) is 13.3. The lowest BCUT2D eigenvalue weighted by Crippen LogP contribution is -2.11. The van der Waals surface area contributed by atoms with Gasteiger partial charge in [-0.2, -0.15) is 0 Å². The molecular formula is C17H20BrNO. The summed E-state index contributed by atoms with van der Waals surface area (Å²) in [7, 11) is 0. The number of halogens is 1. The van der Waals surface area contributed by atoms with Gasteiger partial charge in [0.05, 0.1) is 13.2 Å². The number of hydrogen-bond acceptors (Lipinski definition) is 2. The van der Waals surface area contributed by atoms with Crippen LogP contribution in [0, 0.1) is 0 Å². The number of nitrogens with one attached hydrogen (secondary N) is 1. The highest BCUT2D eigenvalue weighted by atomic mass is 79.9. The average molecular weight is 334 g/mol. The maximum Gasteiger partial charge on any atom is 0.0721 e. The van der Waals surface area contributed by atoms with E-state index in [1.165, 1.54) is 16.7 Å². The molecule has 0 fully saturated rings. The van der Waals surface area contributed by atoms with Crippen molar-refractivity contribution in [2.24, 2.45) is 0 Å². The fourth-order valence-electron chi connectivity index (χ4n) is 1.97. The van der Waals surface area contributed by atoms with Crippen molar-refractivity contribution in [1.82, 2.24) is 5.32 Å². The maximum atomic E-state index is 5.77. The van der Waals surface area contributed by atoms with Gasteiger partial charge in [0.1, 0.15) is 0 Å². The minimum absolute atomic E-state index is 0.644. The van der Waals surface area contributed by atoms with Crippen molar-refractivity contribution in [3.63, 3.8) is 0 Å². The predicted octanol–water partition coefficient (Wildman–Crippen LogP) is 4.28. The third-order valence-electron chi connectivity index (χ3n) is 3.02. The van der Waals surface area contributed by atoms with E-state index in [1.807, 2.05) is 12.1 Å². The summed E-state index contributed by atoms with van der Waals surface area (Å²) < 4.78 is 6.86. The fraction of sp³-hybridized carbons (Fsp3) is 0.294. The third-order valence-corrected chi connectivity index (χ3v) is 3.55. The van der Waals surface area contributed by atoms with Gasteiger partial charge >= 0.3 is 0 Å². The lowest BCUT2D eigenvalue weighted by Gasteiger charge is -2.07. The molecule has 0 bridgehead atoms. The zero-order chi connectivity index (χ0) is 14.2. The Labute approximate surface area is 129 Å². The number of rotatable bonds is 7. The second-order valence-corrected chi connectivity index (χ2v) is 5.64. The van der Waals surface area contributed by atoms with E-state index < -0.39 is 0 Å². The quantitative estimate of drug-likeness (QED) is 0.816. The van der Waals surface area contributed by atoms with Gasteiger partial charge < -0.3 is 10.1 Å². The first-order chi connectivity index (χ1) is 9.78. The van der Waals surface area contributed by atoms with Gasteiger partial charge in [-0.25, -0.2) is 0 Å². The molecule has 2 aromatic rings. The SMILES string of the molecule is CCNCc1cccc(COCc2ccc(Br)cc2)c1. The summed E-state index contributed by atoms with van der Waals surface area (Å²) in [5.41, 5.74) is 3.71. The van der Waals surface area contributed by atoms with Crippen LogP contribution >= 0.6 is 15.9 Å². The molecule has 2 rings (SSSR count). The molecule has 0 radical (unpaired) electrons. The van der Waals surface area contributed by atoms with Crippen molar-refractivity contribution in [2.45, 2.75) is 26.7 Å². The summed E-state index contributed by atoms with van der Waals surface area (Å²) >= 11 is 3.43. The van der Waals surface area contributed by atoms with Crippen LogP contribution in [-0.2, 0) is 24.5 Å². The van der Waals surface area contributed by atoms with Crippen LogP contribution in [0.25, 0.3) is 0 Å². The van der Waals surface area contributed by atoms with Crippen LogP contribution in [0.15, 0.2) is 53.0 Å². The van der Waals surface area contributed by atoms with Crippen molar-refractivity contribution in [2.75, 3.05) is 6.54 Å². The summed E-state index contributed by atoms with van der Waals surface area (Å²) in [6.45, 7) is 5.31. The molecule has 0 aliphatic heterocycles. The second kappa shape index (κ2) is 8.20. The molecule has 106 valence electrons. The molecule has 0 saturated carbocycles. The van der Waals surface area contributed by atoms with Crippen LogP contribution in [0.3, 0.4) is 0 Å². The first-order valence-corrected chi connectivity index (χ1v) is 7.68. The number of benzene rings is 2. The van der Waals surface area contributed by atoms with Crippen molar-refractivity contribution < 1.29 is 4.74 Å². The van der Waals surface area contributed by atoms with Gasteiger partial charge in [-0.3, -0.25) is 0 Å². The second-order valence-electron chi connectivity index (χ2n) is 4.72. The molecule has 2 nitrogen and oxygen atoms in total. The van der Waals surface area contributed by atoms with Crippen LogP contribution in [0.2, 0.25) is 0 Å². The molecule has 0 amide bonds. The van der Waals surface area contributed by atoms with E-state index in [0.717, 1.165) is 17.6 Å². The summed E-state index contributed by atoms with van der Waals surface area (Å²) in [5, 5.41) is 3.33. The molecule has 20 heavy (non-hydrogen) atoms. The lowest BCUT2D eigenvalue weighted by atomic mass is 10.1. The smallest absolute Gasteiger partial charge is 0.0721 e. The van der Waals surface area contributed by atoms with Crippen molar-refractivity contribution in [1.29, 1.82) is 0 Å². The normalized spacial score (nSPS) is 10.7. The molecule has 0 aromatic heterocycles. The van der Waals surface area contributed by atoms with Gasteiger partial charge in [0.15, 0.2) is 0 Å². The van der Waals surface area contributed by atoms with Crippen LogP contribution in [0.4, 0.5) is 0 Å². The van der Waals surface area contributed by atoms with Crippen LogP contribution in [0.1, 0.15) is 23.6 Å². The molecule has 0 aliphatic carbocycles. The van der Waals surface area contributed by atoms with Gasteiger partial charge in [0.2, 0.25) is 0 Å². The van der Waals surface area contributed by atoms with Crippen molar-refractivity contribution >= 4 is 15.9 Å². The van der Waals surface area contributed by atoms with Gasteiger partial charge in [-0.1, -0.05) is 59.3 Å². The van der Waals surface area contributed by atoms with Gasteiger partial charge in [-0.05, 0) is 35.4 Å². The van der Waals surface area contributed by atoms with Crippen molar-refractivity contribution in [3.8, 4) is 0 Å². The van der Waals surface area contributed by atoms with E-state index in [4.69, 9.17) is 4.74 Å². The van der Waals surface area contributed by atoms with E-state index in [0.29, 0.717) is 13.2 Å². The van der Waals surface area contributed by atoms with Crippen LogP contribution < -0.4 is 5.32 Å². The minimum atomic E-state index is 0.644. The Morgan fingerprint density at radius 1 is 0.950 bits per heavy atom. The minimum Gasteiger partial charge on any atom is -0.372 e. The van der Waals surface area contributed by atoms with E-state index in [1.54, 1.807) is 0 Å². The van der Waals surface area contributed by atoms with Crippen LogP contribution in [-0.4, -0.2) is 6.54 Å². The van der Waals surface area contributed by atoms with E-state index in [9.17, 15) is 0 Å². The van der Waals surface area contributed by atoms with Gasteiger partial charge in [0.25, 0.3) is 0 Å². The highest BCUT2D eigenvalue weighted by molar-refractivity contribution is 9.10. The van der Waals surface area contributed by atoms with Gasteiger partial charge in [0, 0.05) is 11.0 Å². The van der Waals surface area contributed by atoms with E-state index in [-0.39, 0.29) is 0 Å². The average Bonchev–Trinajstić information content (AvgIpc) is 2.48. The molecule has 1 N–H and O–H groups in total. The first kappa shape index (κ1) is 15.2. The summed E-state index contributed by atoms with van der Waals surface area (Å²) in [6, 6.07) is 16.8. The highest BCUT2D eigenvalue weighted by Gasteiger charge is 1.98. The number of ether oxygens (including phenoxy) is 1. The predicted molar refractivity (Wildman–Crippen MR) is 86.5 cm³/mol. The molecule has 0 heterocycles. The molecule has 3 heteroatoms. The Kier molecular flexibility index (Phi) is 6.25. The van der Waals surface area contributed by atoms with E-state index in [2.05, 4.69) is 64.6 Å². The first-order valence-electron chi connectivity index (χ1n) is 6.88. The topological polar surface area (TPSA) is 21.3 Å². The van der Waals surface area contributed by atoms with Gasteiger partial charge in [-0.15, -0.1) is 0 Å². The molecule has 2 aromatic carbocycles. The fourth-order valence-corrected chi connectivity index (χ4v) is 2.23. The Balaban J connectivity index is 1.82. The Morgan fingerprint density at radius 3 is 2.40 bits per heavy atom. The molecule has 0 aliphatic rings. The molecular weight excluding hydrogens is 314 g/mol. The Morgan fingerprint density at radius 2 is 1.65 bits per heavy atom. The molecule has 0 saturated heterocycles. The molecule has 0 unspecified atom stereocenters. The third kappa shape index (κ3) is 5.08. The standard InChI is InChI=1S/C17H20BrNO/c1-2-19-11-15-4-3-5-16(10-15)13-20-12-14-6-8-17(18)9-7-14/h3-10,19H,2,11-13H2,1H3. The summed E-state index contributed by atoms with van der Waals surface area (Å²) in [4.78, 5) is 0. The van der Waals surface area contributed by atoms with Crippen molar-refractivity contribution in [3.05, 3.63) is 69.7 Å². The molecule has 0 spiro atoms.